The van der Waals surface area contributed by atoms with Crippen molar-refractivity contribution in [2.45, 2.75) is 0 Å². The standard InChI is InChI=1S/C11H8Cl2N2/c12-8-3-1-7(2-4-8)9-5-11(14)15-6-10(9)13/h1-6H,(H2,14,15). The van der Waals surface area contributed by atoms with Crippen molar-refractivity contribution >= 4 is 29.0 Å². The summed E-state index contributed by atoms with van der Waals surface area (Å²) in [6, 6.07) is 9.14. The van der Waals surface area contributed by atoms with Crippen LogP contribution in [0, 0.1) is 0 Å². The summed E-state index contributed by atoms with van der Waals surface area (Å²) in [6.45, 7) is 0. The third-order valence-electron chi connectivity index (χ3n) is 2.03. The number of nitrogen functional groups attached to an aromatic ring is 1. The molecular formula is C11H8Cl2N2. The van der Waals surface area contributed by atoms with Crippen molar-refractivity contribution in [1.82, 2.24) is 4.98 Å². The van der Waals surface area contributed by atoms with Crippen LogP contribution in [0.1, 0.15) is 0 Å². The predicted octanol–water partition coefficient (Wildman–Crippen LogP) is 3.64. The Labute approximate surface area is 97.7 Å². The molecule has 0 radical (unpaired) electrons. The van der Waals surface area contributed by atoms with Crippen LogP contribution in [0.4, 0.5) is 5.82 Å². The fourth-order valence-corrected chi connectivity index (χ4v) is 1.64. The number of aromatic nitrogens is 1. The number of anilines is 1. The van der Waals surface area contributed by atoms with Crippen LogP contribution in [-0.2, 0) is 0 Å². The molecular weight excluding hydrogens is 231 g/mol. The van der Waals surface area contributed by atoms with Gasteiger partial charge in [-0.05, 0) is 23.8 Å². The van der Waals surface area contributed by atoms with Gasteiger partial charge in [0.15, 0.2) is 0 Å². The number of hydrogen-bond donors (Lipinski definition) is 1. The molecule has 0 atom stereocenters. The van der Waals surface area contributed by atoms with Gasteiger partial charge in [-0.15, -0.1) is 0 Å². The molecule has 0 saturated heterocycles. The van der Waals surface area contributed by atoms with Crippen LogP contribution >= 0.6 is 23.2 Å². The number of nitrogens with two attached hydrogens (primary N) is 1. The number of hydrogen-bond acceptors (Lipinski definition) is 2. The Bertz CT molecular complexity index is 480. The van der Waals surface area contributed by atoms with Crippen LogP contribution in [-0.4, -0.2) is 4.98 Å². The average Bonchev–Trinajstić information content (AvgIpc) is 2.23. The zero-order valence-electron chi connectivity index (χ0n) is 7.74. The molecule has 0 amide bonds. The zero-order chi connectivity index (χ0) is 10.8. The van der Waals surface area contributed by atoms with Gasteiger partial charge in [0.25, 0.3) is 0 Å². The fraction of sp³-hybridized carbons (Fsp3) is 0. The Morgan fingerprint density at radius 1 is 1.07 bits per heavy atom. The first-order valence-electron chi connectivity index (χ1n) is 4.34. The maximum Gasteiger partial charge on any atom is 0.124 e. The van der Waals surface area contributed by atoms with Crippen molar-refractivity contribution < 1.29 is 0 Å². The summed E-state index contributed by atoms with van der Waals surface area (Å²) < 4.78 is 0. The van der Waals surface area contributed by atoms with E-state index < -0.39 is 0 Å². The largest absolute Gasteiger partial charge is 0.384 e. The molecule has 1 aromatic carbocycles. The summed E-state index contributed by atoms with van der Waals surface area (Å²) in [6.07, 6.45) is 1.54. The quantitative estimate of drug-likeness (QED) is 0.825. The van der Waals surface area contributed by atoms with Crippen molar-refractivity contribution in [2.75, 3.05) is 5.73 Å². The van der Waals surface area contributed by atoms with Gasteiger partial charge in [-0.1, -0.05) is 35.3 Å². The Balaban J connectivity index is 2.53. The highest BCUT2D eigenvalue weighted by Gasteiger charge is 2.04. The van der Waals surface area contributed by atoms with E-state index in [2.05, 4.69) is 4.98 Å². The molecule has 2 nitrogen and oxygen atoms in total. The van der Waals surface area contributed by atoms with Gasteiger partial charge < -0.3 is 5.73 Å². The molecule has 2 N–H and O–H groups in total. The van der Waals surface area contributed by atoms with Gasteiger partial charge in [-0.25, -0.2) is 4.98 Å². The van der Waals surface area contributed by atoms with E-state index in [0.717, 1.165) is 11.1 Å². The van der Waals surface area contributed by atoms with Gasteiger partial charge in [0.05, 0.1) is 5.02 Å². The summed E-state index contributed by atoms with van der Waals surface area (Å²) in [7, 11) is 0. The second-order valence-electron chi connectivity index (χ2n) is 3.10. The highest BCUT2D eigenvalue weighted by atomic mass is 35.5. The Kier molecular flexibility index (Phi) is 2.80. The minimum absolute atomic E-state index is 0.448. The number of pyridine rings is 1. The summed E-state index contributed by atoms with van der Waals surface area (Å²) in [5.41, 5.74) is 7.43. The van der Waals surface area contributed by atoms with Gasteiger partial charge in [-0.2, -0.15) is 0 Å². The molecule has 0 aliphatic rings. The molecule has 0 aliphatic carbocycles. The van der Waals surface area contributed by atoms with Gasteiger partial charge in [0, 0.05) is 16.8 Å². The molecule has 4 heteroatoms. The minimum atomic E-state index is 0.448. The lowest BCUT2D eigenvalue weighted by Gasteiger charge is -2.04. The molecule has 76 valence electrons. The third-order valence-corrected chi connectivity index (χ3v) is 2.58. The maximum absolute atomic E-state index is 6.02. The number of nitrogens with zero attached hydrogens (tertiary/aromatic N) is 1. The fourth-order valence-electron chi connectivity index (χ4n) is 1.31. The van der Waals surface area contributed by atoms with Crippen LogP contribution in [0.2, 0.25) is 10.0 Å². The molecule has 0 unspecified atom stereocenters. The first-order valence-corrected chi connectivity index (χ1v) is 5.09. The van der Waals surface area contributed by atoms with E-state index in [0.29, 0.717) is 15.9 Å². The topological polar surface area (TPSA) is 38.9 Å². The summed E-state index contributed by atoms with van der Waals surface area (Å²) in [5, 5.41) is 1.27. The van der Waals surface area contributed by atoms with E-state index in [-0.39, 0.29) is 0 Å². The lowest BCUT2D eigenvalue weighted by atomic mass is 10.1. The first kappa shape index (κ1) is 10.3. The first-order chi connectivity index (χ1) is 7.16. The normalized spacial score (nSPS) is 10.3. The second-order valence-corrected chi connectivity index (χ2v) is 3.94. The van der Waals surface area contributed by atoms with Crippen LogP contribution < -0.4 is 5.73 Å². The number of halogens is 2. The van der Waals surface area contributed by atoms with Crippen LogP contribution in [0.5, 0.6) is 0 Å². The van der Waals surface area contributed by atoms with Gasteiger partial charge in [0.2, 0.25) is 0 Å². The molecule has 0 bridgehead atoms. The van der Waals surface area contributed by atoms with Crippen LogP contribution in [0.25, 0.3) is 11.1 Å². The van der Waals surface area contributed by atoms with E-state index in [4.69, 9.17) is 28.9 Å². The molecule has 2 rings (SSSR count). The third kappa shape index (κ3) is 2.22. The highest BCUT2D eigenvalue weighted by molar-refractivity contribution is 6.33. The van der Waals surface area contributed by atoms with E-state index in [9.17, 15) is 0 Å². The molecule has 1 heterocycles. The Hall–Kier alpha value is -1.25. The van der Waals surface area contributed by atoms with Gasteiger partial charge in [-0.3, -0.25) is 0 Å². The highest BCUT2D eigenvalue weighted by Crippen LogP contribution is 2.29. The smallest absolute Gasteiger partial charge is 0.124 e. The maximum atomic E-state index is 6.02. The van der Waals surface area contributed by atoms with Crippen molar-refractivity contribution in [3.05, 3.63) is 46.6 Å². The SMILES string of the molecule is Nc1cc(-c2ccc(Cl)cc2)c(Cl)cn1. The van der Waals surface area contributed by atoms with E-state index in [1.165, 1.54) is 0 Å². The Morgan fingerprint density at radius 3 is 2.40 bits per heavy atom. The predicted molar refractivity (Wildman–Crippen MR) is 64.1 cm³/mol. The molecule has 0 spiro atoms. The monoisotopic (exact) mass is 238 g/mol. The number of rotatable bonds is 1. The lowest BCUT2D eigenvalue weighted by Crippen LogP contribution is -1.90. The van der Waals surface area contributed by atoms with Gasteiger partial charge >= 0.3 is 0 Å². The van der Waals surface area contributed by atoms with Crippen molar-refractivity contribution in [3.8, 4) is 11.1 Å². The van der Waals surface area contributed by atoms with Crippen molar-refractivity contribution in [2.24, 2.45) is 0 Å². The Morgan fingerprint density at radius 2 is 1.73 bits per heavy atom. The molecule has 0 saturated carbocycles. The average molecular weight is 239 g/mol. The molecule has 1 aromatic heterocycles. The van der Waals surface area contributed by atoms with Crippen LogP contribution in [0.3, 0.4) is 0 Å². The molecule has 0 aliphatic heterocycles. The van der Waals surface area contributed by atoms with Gasteiger partial charge in [0.1, 0.15) is 5.82 Å². The van der Waals surface area contributed by atoms with Crippen molar-refractivity contribution in [3.63, 3.8) is 0 Å². The minimum Gasteiger partial charge on any atom is -0.384 e. The zero-order valence-corrected chi connectivity index (χ0v) is 9.26. The molecule has 0 fully saturated rings. The number of benzene rings is 1. The molecule has 2 aromatic rings. The van der Waals surface area contributed by atoms with E-state index in [1.807, 2.05) is 24.3 Å². The lowest BCUT2D eigenvalue weighted by molar-refractivity contribution is 1.34. The summed E-state index contributed by atoms with van der Waals surface area (Å²) >= 11 is 11.8. The van der Waals surface area contributed by atoms with Crippen LogP contribution in [0.15, 0.2) is 36.5 Å². The van der Waals surface area contributed by atoms with Crippen molar-refractivity contribution in [1.29, 1.82) is 0 Å². The summed E-state index contributed by atoms with van der Waals surface area (Å²) in [5.74, 6) is 0.448. The second kappa shape index (κ2) is 4.09. The molecule has 15 heavy (non-hydrogen) atoms. The summed E-state index contributed by atoms with van der Waals surface area (Å²) in [4.78, 5) is 3.90. The van der Waals surface area contributed by atoms with E-state index in [1.54, 1.807) is 12.3 Å². The van der Waals surface area contributed by atoms with E-state index >= 15 is 0 Å².